The lowest BCUT2D eigenvalue weighted by molar-refractivity contribution is 0.0474. The minimum atomic E-state index is -0.201. The number of nitrogens with zero attached hydrogens (tertiary/aromatic N) is 1. The van der Waals surface area contributed by atoms with Crippen molar-refractivity contribution < 1.29 is 9.53 Å². The Morgan fingerprint density at radius 1 is 1.38 bits per heavy atom. The number of fused-ring (bicyclic) bond motifs is 1. The predicted octanol–water partition coefficient (Wildman–Crippen LogP) is 2.84. The van der Waals surface area contributed by atoms with Crippen LogP contribution in [0.3, 0.4) is 0 Å². The number of pyridine rings is 1. The van der Waals surface area contributed by atoms with Gasteiger partial charge in [-0.15, -0.1) is 0 Å². The van der Waals surface area contributed by atoms with Gasteiger partial charge in [0, 0.05) is 12.5 Å². The molecule has 4 heteroatoms. The molecule has 0 saturated heterocycles. The summed E-state index contributed by atoms with van der Waals surface area (Å²) in [7, 11) is 1.67. The molecule has 1 fully saturated rings. The summed E-state index contributed by atoms with van der Waals surface area (Å²) < 4.78 is 5.24. The average molecular weight is 284 g/mol. The van der Waals surface area contributed by atoms with E-state index in [0.29, 0.717) is 12.3 Å². The summed E-state index contributed by atoms with van der Waals surface area (Å²) in [6.07, 6.45) is 3.08. The number of aryl methyl sites for hydroxylation is 1. The molecular formula is C17H20N2O2. The van der Waals surface area contributed by atoms with E-state index in [2.05, 4.69) is 10.3 Å². The number of hydrogen-bond donors (Lipinski definition) is 1. The largest absolute Gasteiger partial charge is 0.382 e. The molecule has 0 spiro atoms. The summed E-state index contributed by atoms with van der Waals surface area (Å²) in [5.74, 6) is -0.111. The van der Waals surface area contributed by atoms with Gasteiger partial charge in [0.15, 0.2) is 0 Å². The lowest BCUT2D eigenvalue weighted by atomic mass is 9.77. The molecule has 1 N–H and O–H groups in total. The fourth-order valence-corrected chi connectivity index (χ4v) is 2.96. The Morgan fingerprint density at radius 2 is 2.14 bits per heavy atom. The van der Waals surface area contributed by atoms with Gasteiger partial charge in [-0.1, -0.05) is 18.2 Å². The lowest BCUT2D eigenvalue weighted by Gasteiger charge is -2.41. The minimum Gasteiger partial charge on any atom is -0.382 e. The van der Waals surface area contributed by atoms with Crippen LogP contribution in [0.1, 0.15) is 35.3 Å². The molecule has 0 bridgehead atoms. The van der Waals surface area contributed by atoms with E-state index < -0.39 is 0 Å². The number of amides is 1. The van der Waals surface area contributed by atoms with Crippen molar-refractivity contribution in [2.75, 3.05) is 13.7 Å². The van der Waals surface area contributed by atoms with Gasteiger partial charge >= 0.3 is 0 Å². The fourth-order valence-electron chi connectivity index (χ4n) is 2.96. The maximum Gasteiger partial charge on any atom is 0.270 e. The zero-order valence-electron chi connectivity index (χ0n) is 12.5. The van der Waals surface area contributed by atoms with Crippen LogP contribution in [0.2, 0.25) is 0 Å². The molecule has 0 radical (unpaired) electrons. The number of para-hydroxylation sites is 1. The molecule has 1 aliphatic rings. The number of rotatable bonds is 4. The van der Waals surface area contributed by atoms with Gasteiger partial charge in [0.1, 0.15) is 5.69 Å². The normalized spacial score (nSPS) is 16.5. The SMILES string of the molecule is COCC1(NC(=O)c2cc(C)c3ccccc3n2)CCC1. The number of ether oxygens (including phenoxy) is 1. The van der Waals surface area contributed by atoms with Crippen molar-refractivity contribution in [1.82, 2.24) is 10.3 Å². The maximum absolute atomic E-state index is 12.5. The quantitative estimate of drug-likeness (QED) is 0.939. The Hall–Kier alpha value is -1.94. The van der Waals surface area contributed by atoms with Gasteiger partial charge in [0.05, 0.1) is 17.7 Å². The summed E-state index contributed by atoms with van der Waals surface area (Å²) in [5.41, 5.74) is 2.21. The molecule has 0 unspecified atom stereocenters. The first-order valence-electron chi connectivity index (χ1n) is 7.31. The summed E-state index contributed by atoms with van der Waals surface area (Å²) in [6.45, 7) is 2.57. The second-order valence-electron chi connectivity index (χ2n) is 5.86. The van der Waals surface area contributed by atoms with Crippen molar-refractivity contribution in [2.24, 2.45) is 0 Å². The topological polar surface area (TPSA) is 51.2 Å². The van der Waals surface area contributed by atoms with Gasteiger partial charge in [0.2, 0.25) is 0 Å². The molecule has 110 valence electrons. The number of aromatic nitrogens is 1. The summed E-state index contributed by atoms with van der Waals surface area (Å²) in [6, 6.07) is 9.75. The molecule has 3 rings (SSSR count). The van der Waals surface area contributed by atoms with Gasteiger partial charge in [0.25, 0.3) is 5.91 Å². The standard InChI is InChI=1S/C17H20N2O2/c1-12-10-15(18-14-7-4-3-6-13(12)14)16(20)19-17(11-21-2)8-5-9-17/h3-4,6-7,10H,5,8-9,11H2,1-2H3,(H,19,20). The predicted molar refractivity (Wildman–Crippen MR) is 82.4 cm³/mol. The van der Waals surface area contributed by atoms with Crippen molar-refractivity contribution in [1.29, 1.82) is 0 Å². The van der Waals surface area contributed by atoms with Crippen LogP contribution < -0.4 is 5.32 Å². The van der Waals surface area contributed by atoms with E-state index in [9.17, 15) is 4.79 Å². The number of carbonyl (C=O) groups excluding carboxylic acids is 1. The Morgan fingerprint density at radius 3 is 2.81 bits per heavy atom. The monoisotopic (exact) mass is 284 g/mol. The number of nitrogens with one attached hydrogen (secondary N) is 1. The lowest BCUT2D eigenvalue weighted by Crippen LogP contribution is -2.56. The van der Waals surface area contributed by atoms with Gasteiger partial charge in [-0.05, 0) is 43.9 Å². The number of benzene rings is 1. The molecular weight excluding hydrogens is 264 g/mol. The molecule has 1 saturated carbocycles. The van der Waals surface area contributed by atoms with Gasteiger partial charge in [-0.25, -0.2) is 4.98 Å². The third kappa shape index (κ3) is 2.63. The van der Waals surface area contributed by atoms with E-state index in [4.69, 9.17) is 4.74 Å². The van der Waals surface area contributed by atoms with Crippen LogP contribution in [0.4, 0.5) is 0 Å². The highest BCUT2D eigenvalue weighted by Crippen LogP contribution is 2.32. The van der Waals surface area contributed by atoms with Gasteiger partial charge < -0.3 is 10.1 Å². The first kappa shape index (κ1) is 14.0. The molecule has 2 aromatic rings. The van der Waals surface area contributed by atoms with Crippen molar-refractivity contribution in [3.8, 4) is 0 Å². The first-order chi connectivity index (χ1) is 10.1. The third-order valence-corrected chi connectivity index (χ3v) is 4.27. The van der Waals surface area contributed by atoms with Crippen LogP contribution >= 0.6 is 0 Å². The Kier molecular flexibility index (Phi) is 3.64. The van der Waals surface area contributed by atoms with Crippen molar-refractivity contribution in [2.45, 2.75) is 31.7 Å². The van der Waals surface area contributed by atoms with Crippen molar-refractivity contribution >= 4 is 16.8 Å². The van der Waals surface area contributed by atoms with Crippen LogP contribution in [-0.4, -0.2) is 30.1 Å². The zero-order valence-corrected chi connectivity index (χ0v) is 12.5. The van der Waals surface area contributed by atoms with E-state index in [0.717, 1.165) is 35.7 Å². The second kappa shape index (κ2) is 5.45. The molecule has 1 aliphatic carbocycles. The molecule has 1 amide bonds. The smallest absolute Gasteiger partial charge is 0.270 e. The first-order valence-corrected chi connectivity index (χ1v) is 7.31. The molecule has 1 heterocycles. The molecule has 1 aromatic carbocycles. The Bertz CT molecular complexity index is 678. The van der Waals surface area contributed by atoms with Crippen LogP contribution in [0.15, 0.2) is 30.3 Å². The highest BCUT2D eigenvalue weighted by molar-refractivity contribution is 5.96. The third-order valence-electron chi connectivity index (χ3n) is 4.27. The van der Waals surface area contributed by atoms with Crippen LogP contribution in [0.5, 0.6) is 0 Å². The molecule has 1 aromatic heterocycles. The highest BCUT2D eigenvalue weighted by Gasteiger charge is 2.38. The van der Waals surface area contributed by atoms with Crippen LogP contribution in [-0.2, 0) is 4.74 Å². The number of carbonyl (C=O) groups is 1. The van der Waals surface area contributed by atoms with E-state index in [1.54, 1.807) is 7.11 Å². The molecule has 4 nitrogen and oxygen atoms in total. The number of hydrogen-bond acceptors (Lipinski definition) is 3. The summed E-state index contributed by atoms with van der Waals surface area (Å²) in [5, 5.41) is 4.20. The van der Waals surface area contributed by atoms with Gasteiger partial charge in [-0.2, -0.15) is 0 Å². The Labute approximate surface area is 124 Å². The Balaban J connectivity index is 1.88. The number of methoxy groups -OCH3 is 1. The van der Waals surface area contributed by atoms with Crippen LogP contribution in [0.25, 0.3) is 10.9 Å². The zero-order chi connectivity index (χ0) is 14.9. The van der Waals surface area contributed by atoms with Crippen molar-refractivity contribution in [3.63, 3.8) is 0 Å². The highest BCUT2D eigenvalue weighted by atomic mass is 16.5. The van der Waals surface area contributed by atoms with Crippen LogP contribution in [0, 0.1) is 6.92 Å². The second-order valence-corrected chi connectivity index (χ2v) is 5.86. The molecule has 0 atom stereocenters. The van der Waals surface area contributed by atoms with E-state index in [1.165, 1.54) is 0 Å². The fraction of sp³-hybridized carbons (Fsp3) is 0.412. The summed E-state index contributed by atoms with van der Waals surface area (Å²) in [4.78, 5) is 17.0. The molecule has 0 aliphatic heterocycles. The van der Waals surface area contributed by atoms with Crippen molar-refractivity contribution in [3.05, 3.63) is 41.6 Å². The van der Waals surface area contributed by atoms with Gasteiger partial charge in [-0.3, -0.25) is 4.79 Å². The minimum absolute atomic E-state index is 0.111. The average Bonchev–Trinajstić information content (AvgIpc) is 2.45. The maximum atomic E-state index is 12.5. The van der Waals surface area contributed by atoms with E-state index >= 15 is 0 Å². The van der Waals surface area contributed by atoms with E-state index in [1.807, 2.05) is 37.3 Å². The van der Waals surface area contributed by atoms with E-state index in [-0.39, 0.29) is 11.4 Å². The molecule has 21 heavy (non-hydrogen) atoms. The summed E-state index contributed by atoms with van der Waals surface area (Å²) >= 11 is 0.